The predicted molar refractivity (Wildman–Crippen MR) is 110 cm³/mol. The monoisotopic (exact) mass is 384 g/mol. The largest absolute Gasteiger partial charge is 0.493 e. The minimum atomic E-state index is -0.664. The van der Waals surface area contributed by atoms with Crippen LogP contribution >= 0.6 is 0 Å². The molecule has 1 unspecified atom stereocenters. The van der Waals surface area contributed by atoms with Gasteiger partial charge in [0.25, 0.3) is 0 Å². The van der Waals surface area contributed by atoms with Gasteiger partial charge >= 0.3 is 11.8 Å². The molecule has 0 aliphatic rings. The van der Waals surface area contributed by atoms with Gasteiger partial charge in [-0.1, -0.05) is 38.1 Å². The van der Waals surface area contributed by atoms with Gasteiger partial charge in [0.05, 0.1) is 14.2 Å². The normalized spacial score (nSPS) is 11.4. The minimum absolute atomic E-state index is 0.296. The third-order valence-corrected chi connectivity index (χ3v) is 4.71. The molecular weight excluding hydrogens is 356 g/mol. The van der Waals surface area contributed by atoms with Crippen molar-refractivity contribution in [3.63, 3.8) is 0 Å². The Morgan fingerprint density at radius 1 is 1.00 bits per heavy atom. The van der Waals surface area contributed by atoms with Crippen molar-refractivity contribution in [1.29, 1.82) is 0 Å². The molecule has 0 bridgehead atoms. The minimum Gasteiger partial charge on any atom is -0.493 e. The highest BCUT2D eigenvalue weighted by molar-refractivity contribution is 6.39. The molecular formula is C22H28N2O4. The van der Waals surface area contributed by atoms with Gasteiger partial charge < -0.3 is 20.1 Å². The van der Waals surface area contributed by atoms with Crippen LogP contribution in [0.15, 0.2) is 42.5 Å². The lowest BCUT2D eigenvalue weighted by atomic mass is 9.97. The number of benzene rings is 2. The maximum atomic E-state index is 12.2. The first-order valence-corrected chi connectivity index (χ1v) is 9.39. The van der Waals surface area contributed by atoms with E-state index in [0.717, 1.165) is 17.5 Å². The second-order valence-electron chi connectivity index (χ2n) is 6.55. The molecule has 0 radical (unpaired) electrons. The summed E-state index contributed by atoms with van der Waals surface area (Å²) in [5.74, 6) is 0.257. The summed E-state index contributed by atoms with van der Waals surface area (Å²) >= 11 is 0. The molecule has 28 heavy (non-hydrogen) atoms. The summed E-state index contributed by atoms with van der Waals surface area (Å²) in [4.78, 5) is 24.4. The van der Waals surface area contributed by atoms with Gasteiger partial charge in [-0.15, -0.1) is 0 Å². The van der Waals surface area contributed by atoms with Crippen molar-refractivity contribution in [2.45, 2.75) is 32.6 Å². The highest BCUT2D eigenvalue weighted by Gasteiger charge is 2.16. The molecule has 2 aromatic carbocycles. The van der Waals surface area contributed by atoms with Crippen LogP contribution in [-0.2, 0) is 16.0 Å². The van der Waals surface area contributed by atoms with E-state index >= 15 is 0 Å². The van der Waals surface area contributed by atoms with Gasteiger partial charge in [-0.3, -0.25) is 9.59 Å². The lowest BCUT2D eigenvalue weighted by molar-refractivity contribution is -0.136. The van der Waals surface area contributed by atoms with E-state index in [0.29, 0.717) is 36.1 Å². The number of nitrogens with one attached hydrogen (secondary N) is 2. The van der Waals surface area contributed by atoms with Gasteiger partial charge in [0, 0.05) is 12.2 Å². The number of amides is 2. The summed E-state index contributed by atoms with van der Waals surface area (Å²) in [6.07, 6.45) is 1.52. The van der Waals surface area contributed by atoms with Crippen LogP contribution in [0.5, 0.6) is 11.5 Å². The molecule has 6 nitrogen and oxygen atoms in total. The van der Waals surface area contributed by atoms with Gasteiger partial charge in [0.15, 0.2) is 11.5 Å². The maximum absolute atomic E-state index is 12.2. The number of carbonyl (C=O) groups is 2. The van der Waals surface area contributed by atoms with E-state index in [4.69, 9.17) is 9.47 Å². The first kappa shape index (κ1) is 21.3. The number of ether oxygens (including phenoxy) is 2. The Labute approximate surface area is 166 Å². The highest BCUT2D eigenvalue weighted by Crippen LogP contribution is 2.28. The summed E-state index contributed by atoms with van der Waals surface area (Å²) in [6, 6.07) is 13.1. The zero-order chi connectivity index (χ0) is 20.5. The Morgan fingerprint density at radius 3 is 2.39 bits per heavy atom. The average molecular weight is 384 g/mol. The van der Waals surface area contributed by atoms with Crippen molar-refractivity contribution in [3.8, 4) is 11.5 Å². The number of carbonyl (C=O) groups excluding carboxylic acids is 2. The fourth-order valence-electron chi connectivity index (χ4n) is 2.88. The van der Waals surface area contributed by atoms with E-state index < -0.39 is 11.8 Å². The quantitative estimate of drug-likeness (QED) is 0.683. The van der Waals surface area contributed by atoms with Crippen LogP contribution in [0.4, 0.5) is 5.69 Å². The fourth-order valence-corrected chi connectivity index (χ4v) is 2.88. The van der Waals surface area contributed by atoms with E-state index in [2.05, 4.69) is 24.5 Å². The molecule has 2 rings (SSSR count). The van der Waals surface area contributed by atoms with Crippen LogP contribution in [0.1, 0.15) is 37.3 Å². The fraction of sp³-hybridized carbons (Fsp3) is 0.364. The SMILES string of the molecule is CCC(C)c1ccccc1NC(=O)C(=O)NCCc1ccc(OC)c(OC)c1. The number of methoxy groups -OCH3 is 2. The molecule has 0 aromatic heterocycles. The predicted octanol–water partition coefficient (Wildman–Crippen LogP) is 3.51. The van der Waals surface area contributed by atoms with E-state index in [1.54, 1.807) is 14.2 Å². The molecule has 0 saturated carbocycles. The molecule has 0 spiro atoms. The lowest BCUT2D eigenvalue weighted by Gasteiger charge is -2.15. The molecule has 0 aliphatic heterocycles. The lowest BCUT2D eigenvalue weighted by Crippen LogP contribution is -2.36. The van der Waals surface area contributed by atoms with Gasteiger partial charge in [0.2, 0.25) is 0 Å². The Kier molecular flexibility index (Phi) is 7.87. The van der Waals surface area contributed by atoms with E-state index in [-0.39, 0.29) is 0 Å². The Hall–Kier alpha value is -3.02. The van der Waals surface area contributed by atoms with Crippen molar-refractivity contribution >= 4 is 17.5 Å². The van der Waals surface area contributed by atoms with Crippen molar-refractivity contribution in [2.24, 2.45) is 0 Å². The van der Waals surface area contributed by atoms with Gasteiger partial charge in [-0.05, 0) is 48.1 Å². The van der Waals surface area contributed by atoms with Crippen molar-refractivity contribution in [3.05, 3.63) is 53.6 Å². The van der Waals surface area contributed by atoms with Crippen molar-refractivity contribution in [2.75, 3.05) is 26.1 Å². The zero-order valence-corrected chi connectivity index (χ0v) is 16.9. The molecule has 0 saturated heterocycles. The molecule has 2 aromatic rings. The van der Waals surface area contributed by atoms with Gasteiger partial charge in [0.1, 0.15) is 0 Å². The van der Waals surface area contributed by atoms with E-state index in [1.807, 2.05) is 42.5 Å². The first-order valence-electron chi connectivity index (χ1n) is 9.39. The number of hydrogen-bond donors (Lipinski definition) is 2. The van der Waals surface area contributed by atoms with Gasteiger partial charge in [-0.25, -0.2) is 0 Å². The summed E-state index contributed by atoms with van der Waals surface area (Å²) in [6.45, 7) is 4.52. The standard InChI is InChI=1S/C22H28N2O4/c1-5-15(2)17-8-6-7-9-18(17)24-22(26)21(25)23-13-12-16-10-11-19(27-3)20(14-16)28-4/h6-11,14-15H,5,12-13H2,1-4H3,(H,23,25)(H,24,26). The molecule has 2 amide bonds. The van der Waals surface area contributed by atoms with Crippen LogP contribution in [0.2, 0.25) is 0 Å². The molecule has 0 aliphatic carbocycles. The third-order valence-electron chi connectivity index (χ3n) is 4.71. The van der Waals surface area contributed by atoms with Crippen molar-refractivity contribution in [1.82, 2.24) is 5.32 Å². The van der Waals surface area contributed by atoms with Crippen LogP contribution in [0, 0.1) is 0 Å². The Morgan fingerprint density at radius 2 is 1.71 bits per heavy atom. The van der Waals surface area contributed by atoms with E-state index in [9.17, 15) is 9.59 Å². The van der Waals surface area contributed by atoms with Gasteiger partial charge in [-0.2, -0.15) is 0 Å². The summed E-state index contributed by atoms with van der Waals surface area (Å²) < 4.78 is 10.5. The molecule has 6 heteroatoms. The second-order valence-corrected chi connectivity index (χ2v) is 6.55. The topological polar surface area (TPSA) is 76.7 Å². The van der Waals surface area contributed by atoms with Crippen LogP contribution < -0.4 is 20.1 Å². The third kappa shape index (κ3) is 5.49. The first-order chi connectivity index (χ1) is 13.5. The second kappa shape index (κ2) is 10.3. The molecule has 150 valence electrons. The summed E-state index contributed by atoms with van der Waals surface area (Å²) in [5, 5.41) is 5.38. The Balaban J connectivity index is 1.91. The van der Waals surface area contributed by atoms with Crippen LogP contribution in [0.3, 0.4) is 0 Å². The number of anilines is 1. The van der Waals surface area contributed by atoms with E-state index in [1.165, 1.54) is 0 Å². The number of hydrogen-bond acceptors (Lipinski definition) is 4. The van der Waals surface area contributed by atoms with Crippen LogP contribution in [0.25, 0.3) is 0 Å². The van der Waals surface area contributed by atoms with Crippen molar-refractivity contribution < 1.29 is 19.1 Å². The number of para-hydroxylation sites is 1. The van der Waals surface area contributed by atoms with Crippen LogP contribution in [-0.4, -0.2) is 32.6 Å². The molecule has 0 fully saturated rings. The highest BCUT2D eigenvalue weighted by atomic mass is 16.5. The Bertz CT molecular complexity index is 820. The number of rotatable bonds is 8. The summed E-state index contributed by atoms with van der Waals surface area (Å²) in [5.41, 5.74) is 2.67. The smallest absolute Gasteiger partial charge is 0.313 e. The average Bonchev–Trinajstić information content (AvgIpc) is 2.73. The zero-order valence-electron chi connectivity index (χ0n) is 16.9. The summed E-state index contributed by atoms with van der Waals surface area (Å²) in [7, 11) is 3.15. The maximum Gasteiger partial charge on any atom is 0.313 e. The molecule has 1 atom stereocenters. The molecule has 2 N–H and O–H groups in total. The molecule has 0 heterocycles.